The van der Waals surface area contributed by atoms with Crippen LogP contribution in [0.2, 0.25) is 0 Å². The molecule has 1 aliphatic rings. The van der Waals surface area contributed by atoms with Crippen molar-refractivity contribution < 1.29 is 23.1 Å². The first-order valence-electron chi connectivity index (χ1n) is 10.2. The Hall–Kier alpha value is -2.14. The average molecular weight is 441 g/mol. The van der Waals surface area contributed by atoms with Gasteiger partial charge in [0.25, 0.3) is 5.91 Å². The van der Waals surface area contributed by atoms with Gasteiger partial charge in [0, 0.05) is 38.4 Å². The van der Waals surface area contributed by atoms with Gasteiger partial charge in [-0.2, -0.15) is 4.31 Å². The molecule has 0 saturated carbocycles. The summed E-state index contributed by atoms with van der Waals surface area (Å²) < 4.78 is 33.1. The van der Waals surface area contributed by atoms with E-state index in [-0.39, 0.29) is 17.1 Å². The number of carbonyl (C=O) groups excluding carboxylic acids is 1. The highest BCUT2D eigenvalue weighted by molar-refractivity contribution is 7.89. The topological polar surface area (TPSA) is 111 Å². The molecule has 1 aliphatic heterocycles. The first-order valence-corrected chi connectivity index (χ1v) is 11.6. The van der Waals surface area contributed by atoms with Crippen LogP contribution in [-0.2, 0) is 10.0 Å². The Morgan fingerprint density at radius 3 is 2.50 bits per heavy atom. The van der Waals surface area contributed by atoms with Gasteiger partial charge in [0.05, 0.1) is 23.7 Å². The molecule has 0 aliphatic carbocycles. The van der Waals surface area contributed by atoms with Gasteiger partial charge in [-0.05, 0) is 31.5 Å². The summed E-state index contributed by atoms with van der Waals surface area (Å²) in [5, 5.41) is 9.05. The zero-order chi connectivity index (χ0) is 22.1. The largest absolute Gasteiger partial charge is 0.493 e. The van der Waals surface area contributed by atoms with E-state index in [9.17, 15) is 13.2 Å². The van der Waals surface area contributed by atoms with E-state index in [1.807, 2.05) is 11.8 Å². The van der Waals surface area contributed by atoms with E-state index in [4.69, 9.17) is 9.84 Å². The molecule has 1 heterocycles. The standard InChI is InChI=1S/C20H32N4O5S/c1-4-6-16(3)21-22-20(26)18-15-17(7-8-19(18)29-5-2)30(27,28)24-11-9-23(10-12-24)13-14-25/h7-8,15,21,25H,3-6,9-14H2,1-2H3,(H,22,26). The molecule has 1 saturated heterocycles. The Morgan fingerprint density at radius 1 is 1.20 bits per heavy atom. The van der Waals surface area contributed by atoms with Crippen LogP contribution in [0.15, 0.2) is 35.4 Å². The van der Waals surface area contributed by atoms with Crippen molar-refractivity contribution in [2.75, 3.05) is 45.9 Å². The number of nitrogens with one attached hydrogen (secondary N) is 2. The summed E-state index contributed by atoms with van der Waals surface area (Å²) in [6.45, 7) is 10.3. The van der Waals surface area contributed by atoms with Gasteiger partial charge in [-0.25, -0.2) is 8.42 Å². The van der Waals surface area contributed by atoms with Crippen LogP contribution in [0, 0.1) is 0 Å². The van der Waals surface area contributed by atoms with Crippen molar-refractivity contribution in [2.24, 2.45) is 0 Å². The lowest BCUT2D eigenvalue weighted by Crippen LogP contribution is -2.49. The van der Waals surface area contributed by atoms with Crippen molar-refractivity contribution in [3.63, 3.8) is 0 Å². The van der Waals surface area contributed by atoms with Gasteiger partial charge in [0.2, 0.25) is 10.0 Å². The number of β-amino-alcohol motifs (C(OH)–C–C–N with tert-alkyl or cyclic N) is 1. The van der Waals surface area contributed by atoms with Crippen LogP contribution >= 0.6 is 0 Å². The number of allylic oxidation sites excluding steroid dienone is 1. The van der Waals surface area contributed by atoms with Crippen molar-refractivity contribution in [1.29, 1.82) is 0 Å². The van der Waals surface area contributed by atoms with Gasteiger partial charge in [0.1, 0.15) is 5.75 Å². The number of aliphatic hydroxyl groups is 1. The highest BCUT2D eigenvalue weighted by atomic mass is 32.2. The lowest BCUT2D eigenvalue weighted by molar-refractivity contribution is 0.0934. The summed E-state index contributed by atoms with van der Waals surface area (Å²) in [5.41, 5.74) is 6.10. The lowest BCUT2D eigenvalue weighted by Gasteiger charge is -2.33. The number of piperazine rings is 1. The molecule has 0 unspecified atom stereocenters. The minimum Gasteiger partial charge on any atom is -0.493 e. The van der Waals surface area contributed by atoms with E-state index in [1.54, 1.807) is 6.92 Å². The monoisotopic (exact) mass is 440 g/mol. The van der Waals surface area contributed by atoms with Crippen molar-refractivity contribution >= 4 is 15.9 Å². The number of hydrogen-bond donors (Lipinski definition) is 3. The van der Waals surface area contributed by atoms with Crippen LogP contribution in [0.25, 0.3) is 0 Å². The molecule has 0 bridgehead atoms. The number of rotatable bonds is 11. The summed E-state index contributed by atoms with van der Waals surface area (Å²) in [6, 6.07) is 4.31. The van der Waals surface area contributed by atoms with Gasteiger partial charge in [-0.3, -0.25) is 15.1 Å². The Labute approximate surface area is 178 Å². The maximum atomic E-state index is 13.1. The van der Waals surface area contributed by atoms with Crippen molar-refractivity contribution in [1.82, 2.24) is 20.1 Å². The van der Waals surface area contributed by atoms with E-state index in [1.165, 1.54) is 22.5 Å². The number of aliphatic hydroxyl groups excluding tert-OH is 1. The molecule has 0 aromatic heterocycles. The van der Waals surface area contributed by atoms with Crippen LogP contribution in [0.3, 0.4) is 0 Å². The number of benzene rings is 1. The quantitative estimate of drug-likeness (QED) is 0.439. The van der Waals surface area contributed by atoms with Gasteiger partial charge in [0.15, 0.2) is 0 Å². The molecule has 10 heteroatoms. The normalized spacial score (nSPS) is 15.6. The minimum atomic E-state index is -3.76. The van der Waals surface area contributed by atoms with E-state index in [0.29, 0.717) is 57.2 Å². The smallest absolute Gasteiger partial charge is 0.273 e. The molecule has 3 N–H and O–H groups in total. The van der Waals surface area contributed by atoms with E-state index >= 15 is 0 Å². The Bertz CT molecular complexity index is 836. The summed E-state index contributed by atoms with van der Waals surface area (Å²) in [7, 11) is -3.76. The summed E-state index contributed by atoms with van der Waals surface area (Å²) in [5.74, 6) is -0.190. The molecule has 2 rings (SSSR count). The van der Waals surface area contributed by atoms with Crippen molar-refractivity contribution in [2.45, 2.75) is 31.6 Å². The molecule has 9 nitrogen and oxygen atoms in total. The zero-order valence-electron chi connectivity index (χ0n) is 17.7. The number of nitrogens with zero attached hydrogens (tertiary/aromatic N) is 2. The number of amides is 1. The highest BCUT2D eigenvalue weighted by Gasteiger charge is 2.29. The first kappa shape index (κ1) is 24.1. The van der Waals surface area contributed by atoms with Gasteiger partial charge in [-0.15, -0.1) is 0 Å². The summed E-state index contributed by atoms with van der Waals surface area (Å²) >= 11 is 0. The molecule has 0 spiro atoms. The fraction of sp³-hybridized carbons (Fsp3) is 0.550. The van der Waals surface area contributed by atoms with Gasteiger partial charge >= 0.3 is 0 Å². The second-order valence-corrected chi connectivity index (χ2v) is 8.93. The predicted octanol–water partition coefficient (Wildman–Crippen LogP) is 0.932. The Morgan fingerprint density at radius 2 is 1.90 bits per heavy atom. The number of hydrazine groups is 1. The van der Waals surface area contributed by atoms with E-state index in [2.05, 4.69) is 17.4 Å². The molecular formula is C20H32N4O5S. The molecule has 168 valence electrons. The molecule has 1 aromatic carbocycles. The Balaban J connectivity index is 2.21. The van der Waals surface area contributed by atoms with Crippen molar-refractivity contribution in [3.05, 3.63) is 36.0 Å². The molecular weight excluding hydrogens is 408 g/mol. The molecule has 0 atom stereocenters. The van der Waals surface area contributed by atoms with Gasteiger partial charge in [-0.1, -0.05) is 19.9 Å². The van der Waals surface area contributed by atoms with Crippen LogP contribution < -0.4 is 15.6 Å². The van der Waals surface area contributed by atoms with Crippen LogP contribution in [0.1, 0.15) is 37.0 Å². The second-order valence-electron chi connectivity index (χ2n) is 6.99. The fourth-order valence-corrected chi connectivity index (χ4v) is 4.64. The second kappa shape index (κ2) is 11.3. The zero-order valence-corrected chi connectivity index (χ0v) is 18.5. The first-order chi connectivity index (χ1) is 14.3. The average Bonchev–Trinajstić information content (AvgIpc) is 2.73. The minimum absolute atomic E-state index is 0.0408. The number of sulfonamides is 1. The highest BCUT2D eigenvalue weighted by Crippen LogP contribution is 2.25. The Kier molecular flexibility index (Phi) is 9.09. The molecule has 1 aromatic rings. The molecule has 1 amide bonds. The third-order valence-electron chi connectivity index (χ3n) is 4.79. The predicted molar refractivity (Wildman–Crippen MR) is 115 cm³/mol. The number of hydrogen-bond acceptors (Lipinski definition) is 7. The van der Waals surface area contributed by atoms with E-state index < -0.39 is 15.9 Å². The van der Waals surface area contributed by atoms with Crippen LogP contribution in [-0.4, -0.2) is 74.6 Å². The third kappa shape index (κ3) is 6.18. The number of ether oxygens (including phenoxy) is 1. The summed E-state index contributed by atoms with van der Waals surface area (Å²) in [6.07, 6.45) is 1.58. The molecule has 0 radical (unpaired) electrons. The SMILES string of the molecule is C=C(CCC)NNC(=O)c1cc(S(=O)(=O)N2CCN(CCO)CC2)ccc1OCC. The summed E-state index contributed by atoms with van der Waals surface area (Å²) in [4.78, 5) is 14.7. The maximum Gasteiger partial charge on any atom is 0.273 e. The van der Waals surface area contributed by atoms with Crippen LogP contribution in [0.4, 0.5) is 0 Å². The van der Waals surface area contributed by atoms with E-state index in [0.717, 1.165) is 6.42 Å². The molecule has 1 fully saturated rings. The third-order valence-corrected chi connectivity index (χ3v) is 6.68. The fourth-order valence-electron chi connectivity index (χ4n) is 3.19. The number of carbonyl (C=O) groups is 1. The maximum absolute atomic E-state index is 13.1. The molecule has 30 heavy (non-hydrogen) atoms. The van der Waals surface area contributed by atoms with Crippen molar-refractivity contribution in [3.8, 4) is 5.75 Å². The van der Waals surface area contributed by atoms with Gasteiger partial charge < -0.3 is 15.3 Å². The van der Waals surface area contributed by atoms with Crippen LogP contribution in [0.5, 0.6) is 5.75 Å². The lowest BCUT2D eigenvalue weighted by atomic mass is 10.2.